The molecule has 2 atom stereocenters. The van der Waals surface area contributed by atoms with Crippen molar-refractivity contribution in [3.63, 3.8) is 0 Å². The summed E-state index contributed by atoms with van der Waals surface area (Å²) in [5.41, 5.74) is 2.29. The maximum atomic E-state index is 12.8. The fourth-order valence-corrected chi connectivity index (χ4v) is 4.30. The number of rotatable bonds is 8. The van der Waals surface area contributed by atoms with Gasteiger partial charge in [0.2, 0.25) is 5.91 Å². The van der Waals surface area contributed by atoms with Crippen LogP contribution in [0.25, 0.3) is 0 Å². The molecule has 1 aromatic carbocycles. The molecule has 0 saturated carbocycles. The number of ether oxygens (including phenoxy) is 2. The molecule has 146 valence electrons. The second-order valence-corrected chi connectivity index (χ2v) is 7.50. The van der Waals surface area contributed by atoms with Crippen LogP contribution in [-0.2, 0) is 11.2 Å². The summed E-state index contributed by atoms with van der Waals surface area (Å²) in [6.07, 6.45) is 0.673. The van der Waals surface area contributed by atoms with E-state index in [1.165, 1.54) is 5.56 Å². The van der Waals surface area contributed by atoms with Gasteiger partial charge in [0.05, 0.1) is 19.1 Å². The van der Waals surface area contributed by atoms with Crippen LogP contribution >= 0.6 is 11.3 Å². The van der Waals surface area contributed by atoms with Gasteiger partial charge >= 0.3 is 0 Å². The van der Waals surface area contributed by atoms with Crippen molar-refractivity contribution < 1.29 is 14.3 Å². The van der Waals surface area contributed by atoms with E-state index in [9.17, 15) is 4.79 Å². The number of nitrogens with zero attached hydrogens (tertiary/aromatic N) is 1. The van der Waals surface area contributed by atoms with Crippen molar-refractivity contribution in [2.24, 2.45) is 5.92 Å². The maximum Gasteiger partial charge on any atom is 0.226 e. The fourth-order valence-electron chi connectivity index (χ4n) is 3.59. The average Bonchev–Trinajstić information content (AvgIpc) is 3.24. The predicted molar refractivity (Wildman–Crippen MR) is 109 cm³/mol. The minimum atomic E-state index is -0.176. The number of hydrogen-bond acceptors (Lipinski definition) is 5. The monoisotopic (exact) mass is 388 g/mol. The fraction of sp³-hybridized carbons (Fsp3) is 0.476. The van der Waals surface area contributed by atoms with Crippen LogP contribution < -0.4 is 14.8 Å². The molecule has 0 radical (unpaired) electrons. The summed E-state index contributed by atoms with van der Waals surface area (Å²) in [4.78, 5) is 15.2. The van der Waals surface area contributed by atoms with Crippen LogP contribution in [0.4, 0.5) is 0 Å². The zero-order valence-corrected chi connectivity index (χ0v) is 17.1. The highest BCUT2D eigenvalue weighted by Crippen LogP contribution is 2.31. The number of nitrogens with one attached hydrogen (secondary N) is 1. The summed E-state index contributed by atoms with van der Waals surface area (Å²) in [6, 6.07) is 8.10. The second-order valence-electron chi connectivity index (χ2n) is 6.72. The quantitative estimate of drug-likeness (QED) is 0.752. The molecule has 2 aromatic rings. The molecule has 5 nitrogen and oxygen atoms in total. The number of likely N-dealkylation sites (N-methyl/N-ethyl adjacent to an activating group) is 1. The molecule has 1 amide bonds. The van der Waals surface area contributed by atoms with E-state index in [2.05, 4.69) is 40.9 Å². The first-order valence-corrected chi connectivity index (χ1v) is 10.4. The van der Waals surface area contributed by atoms with E-state index in [1.54, 1.807) is 18.4 Å². The van der Waals surface area contributed by atoms with Crippen molar-refractivity contribution in [1.82, 2.24) is 10.2 Å². The van der Waals surface area contributed by atoms with Gasteiger partial charge in [0, 0.05) is 6.54 Å². The largest absolute Gasteiger partial charge is 0.497 e. The summed E-state index contributed by atoms with van der Waals surface area (Å²) in [5, 5.41) is 7.42. The Morgan fingerprint density at radius 3 is 2.85 bits per heavy atom. The SMILES string of the molecule is CCN(CC)C(CNC(=O)C1COc2ccc(OC)cc2C1)c1ccsc1. The number of carbonyl (C=O) groups is 1. The zero-order chi connectivity index (χ0) is 19.2. The molecule has 3 rings (SSSR count). The standard InChI is InChI=1S/C21H28N2O3S/c1-4-23(5-2)19(15-8-9-27-14-15)12-22-21(24)17-10-16-11-18(25-3)6-7-20(16)26-13-17/h6-9,11,14,17,19H,4-5,10,12-13H2,1-3H3,(H,22,24). The Bertz CT molecular complexity index is 744. The third kappa shape index (κ3) is 4.62. The first-order valence-electron chi connectivity index (χ1n) is 9.49. The molecule has 6 heteroatoms. The molecule has 0 spiro atoms. The first kappa shape index (κ1) is 19.7. The second kappa shape index (κ2) is 9.24. The summed E-state index contributed by atoms with van der Waals surface area (Å²) in [7, 11) is 1.65. The van der Waals surface area contributed by atoms with Gasteiger partial charge in [-0.05, 0) is 65.7 Å². The minimum Gasteiger partial charge on any atom is -0.497 e. The van der Waals surface area contributed by atoms with Crippen LogP contribution in [0.15, 0.2) is 35.0 Å². The third-order valence-corrected chi connectivity index (χ3v) is 5.90. The molecule has 2 unspecified atom stereocenters. The molecule has 1 N–H and O–H groups in total. The van der Waals surface area contributed by atoms with Gasteiger partial charge in [0.15, 0.2) is 0 Å². The first-order chi connectivity index (χ1) is 13.2. The van der Waals surface area contributed by atoms with E-state index in [0.717, 1.165) is 30.2 Å². The van der Waals surface area contributed by atoms with E-state index < -0.39 is 0 Å². The van der Waals surface area contributed by atoms with Gasteiger partial charge in [-0.25, -0.2) is 0 Å². The highest BCUT2D eigenvalue weighted by Gasteiger charge is 2.27. The Morgan fingerprint density at radius 1 is 1.37 bits per heavy atom. The van der Waals surface area contributed by atoms with Crippen molar-refractivity contribution in [2.45, 2.75) is 26.3 Å². The number of amides is 1. The molecule has 0 bridgehead atoms. The number of thiophene rings is 1. The summed E-state index contributed by atoms with van der Waals surface area (Å²) in [6.45, 7) is 7.24. The number of fused-ring (bicyclic) bond motifs is 1. The Labute approximate surface area is 165 Å². The highest BCUT2D eigenvalue weighted by atomic mass is 32.1. The Hall–Kier alpha value is -2.05. The van der Waals surface area contributed by atoms with E-state index in [1.807, 2.05) is 18.2 Å². The van der Waals surface area contributed by atoms with E-state index in [4.69, 9.17) is 9.47 Å². The number of hydrogen-bond donors (Lipinski definition) is 1. The lowest BCUT2D eigenvalue weighted by Crippen LogP contribution is -2.42. The molecule has 0 aliphatic carbocycles. The van der Waals surface area contributed by atoms with Crippen LogP contribution in [0, 0.1) is 5.92 Å². The summed E-state index contributed by atoms with van der Waals surface area (Å²) >= 11 is 1.69. The topological polar surface area (TPSA) is 50.8 Å². The molecule has 1 aromatic heterocycles. The minimum absolute atomic E-state index is 0.0517. The maximum absolute atomic E-state index is 12.8. The van der Waals surface area contributed by atoms with Crippen LogP contribution in [0.5, 0.6) is 11.5 Å². The van der Waals surface area contributed by atoms with Crippen LogP contribution in [-0.4, -0.2) is 44.2 Å². The van der Waals surface area contributed by atoms with Gasteiger partial charge in [0.25, 0.3) is 0 Å². The number of benzene rings is 1. The van der Waals surface area contributed by atoms with Gasteiger partial charge < -0.3 is 14.8 Å². The lowest BCUT2D eigenvalue weighted by atomic mass is 9.95. The Morgan fingerprint density at radius 2 is 2.19 bits per heavy atom. The van der Waals surface area contributed by atoms with Crippen LogP contribution in [0.2, 0.25) is 0 Å². The normalized spacial score (nSPS) is 17.1. The third-order valence-electron chi connectivity index (χ3n) is 5.20. The molecule has 27 heavy (non-hydrogen) atoms. The Balaban J connectivity index is 1.64. The molecular formula is C21H28N2O3S. The molecule has 0 fully saturated rings. The average molecular weight is 389 g/mol. The van der Waals surface area contributed by atoms with Gasteiger partial charge in [-0.1, -0.05) is 13.8 Å². The van der Waals surface area contributed by atoms with Gasteiger partial charge in [0.1, 0.15) is 18.1 Å². The molecule has 2 heterocycles. The van der Waals surface area contributed by atoms with E-state index in [0.29, 0.717) is 19.6 Å². The Kier molecular flexibility index (Phi) is 6.74. The van der Waals surface area contributed by atoms with Gasteiger partial charge in [-0.3, -0.25) is 9.69 Å². The van der Waals surface area contributed by atoms with Crippen molar-refractivity contribution in [3.05, 3.63) is 46.2 Å². The van der Waals surface area contributed by atoms with E-state index >= 15 is 0 Å². The molecule has 0 saturated heterocycles. The zero-order valence-electron chi connectivity index (χ0n) is 16.2. The summed E-state index contributed by atoms with van der Waals surface area (Å²) in [5.74, 6) is 1.51. The predicted octanol–water partition coefficient (Wildman–Crippen LogP) is 3.51. The molecule has 1 aliphatic heterocycles. The van der Waals surface area contributed by atoms with E-state index in [-0.39, 0.29) is 17.9 Å². The van der Waals surface area contributed by atoms with Crippen molar-refractivity contribution in [2.75, 3.05) is 33.4 Å². The lowest BCUT2D eigenvalue weighted by Gasteiger charge is -2.31. The highest BCUT2D eigenvalue weighted by molar-refractivity contribution is 7.07. The van der Waals surface area contributed by atoms with Gasteiger partial charge in [-0.2, -0.15) is 11.3 Å². The molecule has 1 aliphatic rings. The van der Waals surface area contributed by atoms with Crippen molar-refractivity contribution in [1.29, 1.82) is 0 Å². The lowest BCUT2D eigenvalue weighted by molar-refractivity contribution is -0.126. The van der Waals surface area contributed by atoms with Crippen LogP contribution in [0.1, 0.15) is 31.0 Å². The van der Waals surface area contributed by atoms with Crippen molar-refractivity contribution >= 4 is 17.2 Å². The number of carbonyl (C=O) groups excluding carboxylic acids is 1. The number of methoxy groups -OCH3 is 1. The van der Waals surface area contributed by atoms with Gasteiger partial charge in [-0.15, -0.1) is 0 Å². The van der Waals surface area contributed by atoms with Crippen molar-refractivity contribution in [3.8, 4) is 11.5 Å². The van der Waals surface area contributed by atoms with Crippen LogP contribution in [0.3, 0.4) is 0 Å². The smallest absolute Gasteiger partial charge is 0.226 e. The summed E-state index contributed by atoms with van der Waals surface area (Å²) < 4.78 is 11.1. The molecular weight excluding hydrogens is 360 g/mol.